The summed E-state index contributed by atoms with van der Waals surface area (Å²) in [6, 6.07) is 0. The summed E-state index contributed by atoms with van der Waals surface area (Å²) in [7, 11) is 0. The van der Waals surface area contributed by atoms with Crippen LogP contribution in [0, 0.1) is 5.92 Å². The van der Waals surface area contributed by atoms with Gasteiger partial charge in [-0.15, -0.1) is 0 Å². The second kappa shape index (κ2) is 6.86. The van der Waals surface area contributed by atoms with E-state index in [1.54, 1.807) is 0 Å². The fourth-order valence-electron chi connectivity index (χ4n) is 2.17. The van der Waals surface area contributed by atoms with Gasteiger partial charge in [-0.05, 0) is 46.2 Å². The van der Waals surface area contributed by atoms with Gasteiger partial charge in [0.2, 0.25) is 0 Å². The molecular formula is C13H24N2O4. The Hall–Kier alpha value is -1.14. The Morgan fingerprint density at radius 3 is 2.68 bits per heavy atom. The second-order valence-electron chi connectivity index (χ2n) is 6.00. The standard InChI is InChI=1S/C13H24N2O4/c1-13(2,3)19-12(18)7-14-6-10-4-5-15(8-10)9-11(16)17/h10,14H,4-9H2,1-3H3,(H,16,17). The van der Waals surface area contributed by atoms with Crippen LogP contribution < -0.4 is 5.32 Å². The summed E-state index contributed by atoms with van der Waals surface area (Å²) in [5.74, 6) is -0.642. The fraction of sp³-hybridized carbons (Fsp3) is 0.846. The number of esters is 1. The van der Waals surface area contributed by atoms with E-state index in [0.717, 1.165) is 26.1 Å². The predicted octanol–water partition coefficient (Wildman–Crippen LogP) is 0.324. The number of likely N-dealkylation sites (tertiary alicyclic amines) is 1. The molecule has 1 saturated heterocycles. The molecule has 1 rings (SSSR count). The largest absolute Gasteiger partial charge is 0.480 e. The molecule has 0 spiro atoms. The van der Waals surface area contributed by atoms with Gasteiger partial charge in [-0.25, -0.2) is 0 Å². The lowest BCUT2D eigenvalue weighted by Crippen LogP contribution is -2.34. The smallest absolute Gasteiger partial charge is 0.320 e. The quantitative estimate of drug-likeness (QED) is 0.678. The lowest BCUT2D eigenvalue weighted by Gasteiger charge is -2.20. The number of aliphatic carboxylic acids is 1. The van der Waals surface area contributed by atoms with Crippen LogP contribution in [0.5, 0.6) is 0 Å². The Bertz CT molecular complexity index is 325. The molecule has 19 heavy (non-hydrogen) atoms. The SMILES string of the molecule is CC(C)(C)OC(=O)CNCC1CCN(CC(=O)O)C1. The summed E-state index contributed by atoms with van der Waals surface area (Å²) in [4.78, 5) is 24.0. The molecule has 1 atom stereocenters. The number of hydrogen-bond acceptors (Lipinski definition) is 5. The Labute approximate surface area is 114 Å². The van der Waals surface area contributed by atoms with Gasteiger partial charge in [0, 0.05) is 6.54 Å². The Balaban J connectivity index is 2.14. The van der Waals surface area contributed by atoms with Crippen LogP contribution in [-0.4, -0.2) is 60.3 Å². The summed E-state index contributed by atoms with van der Waals surface area (Å²) in [5.41, 5.74) is -0.454. The van der Waals surface area contributed by atoms with Gasteiger partial charge in [-0.2, -0.15) is 0 Å². The van der Waals surface area contributed by atoms with E-state index >= 15 is 0 Å². The van der Waals surface area contributed by atoms with Gasteiger partial charge in [0.25, 0.3) is 0 Å². The molecule has 1 aliphatic heterocycles. The van der Waals surface area contributed by atoms with E-state index in [1.165, 1.54) is 0 Å². The van der Waals surface area contributed by atoms with Crippen molar-refractivity contribution in [3.63, 3.8) is 0 Å². The number of nitrogens with one attached hydrogen (secondary N) is 1. The molecule has 0 aromatic carbocycles. The van der Waals surface area contributed by atoms with Crippen molar-refractivity contribution in [3.8, 4) is 0 Å². The van der Waals surface area contributed by atoms with Crippen LogP contribution in [0.4, 0.5) is 0 Å². The van der Waals surface area contributed by atoms with E-state index in [2.05, 4.69) is 5.32 Å². The molecule has 0 aromatic rings. The monoisotopic (exact) mass is 272 g/mol. The van der Waals surface area contributed by atoms with Crippen molar-refractivity contribution in [2.45, 2.75) is 32.8 Å². The number of carboxylic acids is 1. The van der Waals surface area contributed by atoms with E-state index in [-0.39, 0.29) is 19.1 Å². The molecule has 1 fully saturated rings. The third-order valence-corrected chi connectivity index (χ3v) is 2.85. The molecule has 0 bridgehead atoms. The second-order valence-corrected chi connectivity index (χ2v) is 6.00. The Morgan fingerprint density at radius 1 is 1.42 bits per heavy atom. The maximum atomic E-state index is 11.5. The van der Waals surface area contributed by atoms with Crippen molar-refractivity contribution in [2.75, 3.05) is 32.7 Å². The molecule has 6 heteroatoms. The highest BCUT2D eigenvalue weighted by atomic mass is 16.6. The third kappa shape index (κ3) is 7.12. The summed E-state index contributed by atoms with van der Waals surface area (Å²) >= 11 is 0. The van der Waals surface area contributed by atoms with Crippen molar-refractivity contribution >= 4 is 11.9 Å². The zero-order chi connectivity index (χ0) is 14.5. The minimum absolute atomic E-state index is 0.0998. The highest BCUT2D eigenvalue weighted by molar-refractivity contribution is 5.72. The van der Waals surface area contributed by atoms with Crippen molar-refractivity contribution in [2.24, 2.45) is 5.92 Å². The maximum absolute atomic E-state index is 11.5. The topological polar surface area (TPSA) is 78.9 Å². The van der Waals surface area contributed by atoms with Crippen LogP contribution in [0.25, 0.3) is 0 Å². The van der Waals surface area contributed by atoms with Crippen LogP contribution >= 0.6 is 0 Å². The molecule has 0 radical (unpaired) electrons. The number of carboxylic acid groups (broad SMARTS) is 1. The van der Waals surface area contributed by atoms with Crippen LogP contribution in [0.2, 0.25) is 0 Å². The first-order valence-electron chi connectivity index (χ1n) is 6.63. The lowest BCUT2D eigenvalue weighted by atomic mass is 10.1. The van der Waals surface area contributed by atoms with Crippen molar-refractivity contribution in [3.05, 3.63) is 0 Å². The van der Waals surface area contributed by atoms with Crippen molar-refractivity contribution < 1.29 is 19.4 Å². The molecule has 1 unspecified atom stereocenters. The van der Waals surface area contributed by atoms with Crippen LogP contribution in [0.15, 0.2) is 0 Å². The minimum atomic E-state index is -0.789. The van der Waals surface area contributed by atoms with Gasteiger partial charge in [0.1, 0.15) is 5.60 Å². The summed E-state index contributed by atoms with van der Waals surface area (Å²) < 4.78 is 5.19. The number of carbonyl (C=O) groups excluding carboxylic acids is 1. The summed E-state index contributed by atoms with van der Waals surface area (Å²) in [5, 5.41) is 11.8. The van der Waals surface area contributed by atoms with Gasteiger partial charge in [0.15, 0.2) is 0 Å². The Morgan fingerprint density at radius 2 is 2.11 bits per heavy atom. The van der Waals surface area contributed by atoms with E-state index in [0.29, 0.717) is 5.92 Å². The lowest BCUT2D eigenvalue weighted by molar-refractivity contribution is -0.153. The molecule has 0 amide bonds. The average Bonchev–Trinajstić information content (AvgIpc) is 2.61. The van der Waals surface area contributed by atoms with E-state index in [4.69, 9.17) is 9.84 Å². The average molecular weight is 272 g/mol. The molecule has 0 saturated carbocycles. The zero-order valence-corrected chi connectivity index (χ0v) is 11.9. The first-order valence-corrected chi connectivity index (χ1v) is 6.63. The highest BCUT2D eigenvalue weighted by Gasteiger charge is 2.24. The molecule has 110 valence electrons. The summed E-state index contributed by atoms with van der Waals surface area (Å²) in [6.07, 6.45) is 0.967. The van der Waals surface area contributed by atoms with Crippen LogP contribution in [-0.2, 0) is 14.3 Å². The summed E-state index contributed by atoms with van der Waals surface area (Å²) in [6.45, 7) is 8.12. The van der Waals surface area contributed by atoms with Gasteiger partial charge >= 0.3 is 11.9 Å². The number of hydrogen-bond donors (Lipinski definition) is 2. The van der Waals surface area contributed by atoms with E-state index in [1.807, 2.05) is 25.7 Å². The molecule has 0 aliphatic carbocycles. The number of rotatable bonds is 6. The molecule has 2 N–H and O–H groups in total. The molecule has 6 nitrogen and oxygen atoms in total. The maximum Gasteiger partial charge on any atom is 0.320 e. The van der Waals surface area contributed by atoms with Crippen molar-refractivity contribution in [1.82, 2.24) is 10.2 Å². The predicted molar refractivity (Wildman–Crippen MR) is 70.9 cm³/mol. The molecule has 1 heterocycles. The van der Waals surface area contributed by atoms with Gasteiger partial charge < -0.3 is 15.2 Å². The van der Waals surface area contributed by atoms with Crippen molar-refractivity contribution in [1.29, 1.82) is 0 Å². The number of nitrogens with zero attached hydrogens (tertiary/aromatic N) is 1. The van der Waals surface area contributed by atoms with E-state index < -0.39 is 11.6 Å². The first kappa shape index (κ1) is 15.9. The third-order valence-electron chi connectivity index (χ3n) is 2.85. The normalized spacial score (nSPS) is 20.5. The van der Waals surface area contributed by atoms with Crippen LogP contribution in [0.1, 0.15) is 27.2 Å². The Kier molecular flexibility index (Phi) is 5.75. The van der Waals surface area contributed by atoms with E-state index in [9.17, 15) is 9.59 Å². The van der Waals surface area contributed by atoms with Crippen LogP contribution in [0.3, 0.4) is 0 Å². The number of carbonyl (C=O) groups is 2. The highest BCUT2D eigenvalue weighted by Crippen LogP contribution is 2.14. The zero-order valence-electron chi connectivity index (χ0n) is 11.9. The first-order chi connectivity index (χ1) is 8.76. The van der Waals surface area contributed by atoms with Gasteiger partial charge in [-0.3, -0.25) is 14.5 Å². The number of ether oxygens (including phenoxy) is 1. The van der Waals surface area contributed by atoms with Gasteiger partial charge in [0.05, 0.1) is 13.1 Å². The van der Waals surface area contributed by atoms with Gasteiger partial charge in [-0.1, -0.05) is 0 Å². The molecule has 0 aromatic heterocycles. The minimum Gasteiger partial charge on any atom is -0.480 e. The molecular weight excluding hydrogens is 248 g/mol. The fourth-order valence-corrected chi connectivity index (χ4v) is 2.17. The molecule has 1 aliphatic rings.